The number of halogens is 3. The molecule has 0 spiro atoms. The molecule has 0 saturated carbocycles. The molecule has 0 aliphatic heterocycles. The van der Waals surface area contributed by atoms with Gasteiger partial charge in [0.05, 0.1) is 37.1 Å². The summed E-state index contributed by atoms with van der Waals surface area (Å²) in [5.74, 6) is -2.13. The monoisotopic (exact) mass is 538 g/mol. The molecule has 2 aromatic carbocycles. The number of aromatic amines is 1. The fraction of sp³-hybridized carbons (Fsp3) is 0.261. The number of aromatic nitrogens is 4. The van der Waals surface area contributed by atoms with Crippen molar-refractivity contribution in [2.75, 3.05) is 27.4 Å². The van der Waals surface area contributed by atoms with Crippen molar-refractivity contribution in [2.24, 2.45) is 0 Å². The molecule has 0 amide bonds. The first-order chi connectivity index (χ1) is 17.8. The zero-order chi connectivity index (χ0) is 26.7. The Morgan fingerprint density at radius 3 is 2.49 bits per heavy atom. The molecule has 0 fully saturated rings. The number of aliphatic hydroxyl groups excluding tert-OH is 2. The Bertz CT molecular complexity index is 1510. The SMILES string of the molecule is COc1ccc(F)c(F)c1COc1cc(-n2c(=O)[nH]c3c(OC)nc(CO)nc32)c(Cl)cc1OCCO. The van der Waals surface area contributed by atoms with Gasteiger partial charge >= 0.3 is 5.69 Å². The summed E-state index contributed by atoms with van der Waals surface area (Å²) in [7, 11) is 2.64. The summed E-state index contributed by atoms with van der Waals surface area (Å²) in [6.07, 6.45) is 0. The molecule has 0 saturated heterocycles. The van der Waals surface area contributed by atoms with Crippen molar-refractivity contribution in [3.8, 4) is 28.8 Å². The summed E-state index contributed by atoms with van der Waals surface area (Å²) in [4.78, 5) is 23.7. The topological polar surface area (TPSA) is 141 Å². The van der Waals surface area contributed by atoms with Crippen LogP contribution in [-0.4, -0.2) is 57.2 Å². The molecule has 0 aliphatic rings. The Hall–Kier alpha value is -3.94. The van der Waals surface area contributed by atoms with Crippen LogP contribution < -0.4 is 24.6 Å². The fourth-order valence-corrected chi connectivity index (χ4v) is 3.81. The van der Waals surface area contributed by atoms with Crippen LogP contribution in [0.15, 0.2) is 29.1 Å². The van der Waals surface area contributed by atoms with Crippen molar-refractivity contribution >= 4 is 22.8 Å². The number of fused-ring (bicyclic) bond motifs is 1. The zero-order valence-corrected chi connectivity index (χ0v) is 20.3. The molecular weight excluding hydrogens is 518 g/mol. The van der Waals surface area contributed by atoms with Gasteiger partial charge in [-0.2, -0.15) is 4.98 Å². The van der Waals surface area contributed by atoms with Gasteiger partial charge in [0, 0.05) is 12.1 Å². The van der Waals surface area contributed by atoms with Crippen LogP contribution in [0.4, 0.5) is 8.78 Å². The maximum atomic E-state index is 14.5. The average molecular weight is 539 g/mol. The highest BCUT2D eigenvalue weighted by Gasteiger charge is 2.22. The van der Waals surface area contributed by atoms with Gasteiger partial charge in [-0.1, -0.05) is 11.6 Å². The van der Waals surface area contributed by atoms with E-state index in [1.54, 1.807) is 0 Å². The maximum Gasteiger partial charge on any atom is 0.332 e. The molecule has 196 valence electrons. The number of nitrogens with one attached hydrogen (secondary N) is 1. The van der Waals surface area contributed by atoms with Crippen molar-refractivity contribution in [2.45, 2.75) is 13.2 Å². The Balaban J connectivity index is 1.85. The van der Waals surface area contributed by atoms with Crippen LogP contribution in [0.25, 0.3) is 16.9 Å². The van der Waals surface area contributed by atoms with Crippen molar-refractivity contribution in [3.63, 3.8) is 0 Å². The number of nitrogens with zero attached hydrogens (tertiary/aromatic N) is 3. The molecule has 0 unspecified atom stereocenters. The van der Waals surface area contributed by atoms with Crippen LogP contribution >= 0.6 is 11.6 Å². The van der Waals surface area contributed by atoms with E-state index in [1.807, 2.05) is 0 Å². The molecule has 4 aromatic rings. The lowest BCUT2D eigenvalue weighted by atomic mass is 10.2. The highest BCUT2D eigenvalue weighted by molar-refractivity contribution is 6.32. The van der Waals surface area contributed by atoms with Crippen LogP contribution in [0.2, 0.25) is 5.02 Å². The van der Waals surface area contributed by atoms with E-state index < -0.39 is 30.5 Å². The molecule has 0 aliphatic carbocycles. The molecule has 2 aromatic heterocycles. The largest absolute Gasteiger partial charge is 0.496 e. The highest BCUT2D eigenvalue weighted by Crippen LogP contribution is 2.37. The van der Waals surface area contributed by atoms with E-state index in [-0.39, 0.29) is 69.6 Å². The predicted molar refractivity (Wildman–Crippen MR) is 127 cm³/mol. The van der Waals surface area contributed by atoms with Gasteiger partial charge in [0.2, 0.25) is 5.88 Å². The second-order valence-electron chi connectivity index (χ2n) is 7.42. The number of benzene rings is 2. The summed E-state index contributed by atoms with van der Waals surface area (Å²) in [5.41, 5.74) is -0.569. The van der Waals surface area contributed by atoms with Gasteiger partial charge in [0.1, 0.15) is 31.1 Å². The van der Waals surface area contributed by atoms with Crippen molar-refractivity contribution in [1.82, 2.24) is 19.5 Å². The number of hydrogen-bond donors (Lipinski definition) is 3. The lowest BCUT2D eigenvalue weighted by Gasteiger charge is -2.17. The van der Waals surface area contributed by atoms with Crippen LogP contribution in [0.1, 0.15) is 11.4 Å². The lowest BCUT2D eigenvalue weighted by molar-refractivity contribution is 0.191. The van der Waals surface area contributed by atoms with Crippen LogP contribution in [0.3, 0.4) is 0 Å². The molecule has 4 rings (SSSR count). The summed E-state index contributed by atoms with van der Waals surface area (Å²) in [6.45, 7) is -1.45. The third-order valence-electron chi connectivity index (χ3n) is 5.23. The van der Waals surface area contributed by atoms with Crippen LogP contribution in [0, 0.1) is 11.6 Å². The first-order valence-electron chi connectivity index (χ1n) is 10.7. The van der Waals surface area contributed by atoms with Gasteiger partial charge in [-0.3, -0.25) is 4.98 Å². The number of imidazole rings is 1. The Morgan fingerprint density at radius 1 is 1.05 bits per heavy atom. The standard InChI is InChI=1S/C23H21ClF2N4O7/c1-34-15-4-3-13(25)19(26)11(15)10-37-17-8-14(12(24)7-16(17)36-6-5-31)30-21-20(29-23(30)33)22(35-2)28-18(9-32)27-21/h3-4,7-8,31-32H,5-6,9-10H2,1-2H3,(H,29,33). The minimum Gasteiger partial charge on any atom is -0.496 e. The molecule has 11 nitrogen and oxygen atoms in total. The first kappa shape index (κ1) is 26.1. The highest BCUT2D eigenvalue weighted by atomic mass is 35.5. The molecule has 0 radical (unpaired) electrons. The summed E-state index contributed by atoms with van der Waals surface area (Å²) >= 11 is 6.48. The Labute approximate surface area is 212 Å². The van der Waals surface area contributed by atoms with E-state index in [0.717, 1.165) is 10.6 Å². The van der Waals surface area contributed by atoms with Gasteiger partial charge in [0.25, 0.3) is 0 Å². The summed E-state index contributed by atoms with van der Waals surface area (Å²) in [6, 6.07) is 4.84. The zero-order valence-electron chi connectivity index (χ0n) is 19.5. The van der Waals surface area contributed by atoms with Gasteiger partial charge < -0.3 is 29.2 Å². The fourth-order valence-electron chi connectivity index (χ4n) is 3.57. The minimum atomic E-state index is -1.15. The normalized spacial score (nSPS) is 11.1. The third kappa shape index (κ3) is 5.01. The molecule has 0 bridgehead atoms. The predicted octanol–water partition coefficient (Wildman–Crippen LogP) is 2.50. The average Bonchev–Trinajstić information content (AvgIpc) is 3.23. The van der Waals surface area contributed by atoms with E-state index in [1.165, 1.54) is 32.4 Å². The van der Waals surface area contributed by atoms with Crippen LogP contribution in [-0.2, 0) is 13.2 Å². The molecule has 0 atom stereocenters. The molecule has 3 N–H and O–H groups in total. The van der Waals surface area contributed by atoms with Gasteiger partial charge in [-0.25, -0.2) is 23.1 Å². The third-order valence-corrected chi connectivity index (χ3v) is 5.54. The quantitative estimate of drug-likeness (QED) is 0.278. The van der Waals surface area contributed by atoms with Crippen LogP contribution in [0.5, 0.6) is 23.1 Å². The second-order valence-corrected chi connectivity index (χ2v) is 7.83. The van der Waals surface area contributed by atoms with E-state index in [0.29, 0.717) is 0 Å². The number of aliphatic hydroxyl groups is 2. The second kappa shape index (κ2) is 11.0. The minimum absolute atomic E-state index is 0.0109. The van der Waals surface area contributed by atoms with Gasteiger partial charge in [0.15, 0.2) is 34.6 Å². The molecule has 37 heavy (non-hydrogen) atoms. The van der Waals surface area contributed by atoms with E-state index in [9.17, 15) is 23.8 Å². The number of hydrogen-bond acceptors (Lipinski definition) is 9. The van der Waals surface area contributed by atoms with Gasteiger partial charge in [-0.15, -0.1) is 0 Å². The first-order valence-corrected chi connectivity index (χ1v) is 11.1. The van der Waals surface area contributed by atoms with E-state index >= 15 is 0 Å². The molecule has 2 heterocycles. The Kier molecular flexibility index (Phi) is 7.76. The summed E-state index contributed by atoms with van der Waals surface area (Å²) in [5, 5.41) is 18.8. The number of H-pyrrole nitrogens is 1. The van der Waals surface area contributed by atoms with E-state index in [2.05, 4.69) is 15.0 Å². The lowest BCUT2D eigenvalue weighted by Crippen LogP contribution is -2.16. The number of ether oxygens (including phenoxy) is 4. The van der Waals surface area contributed by atoms with E-state index in [4.69, 9.17) is 30.5 Å². The van der Waals surface area contributed by atoms with Crippen molar-refractivity contribution in [1.29, 1.82) is 0 Å². The number of methoxy groups -OCH3 is 2. The number of rotatable bonds is 10. The van der Waals surface area contributed by atoms with Crippen molar-refractivity contribution in [3.05, 3.63) is 62.8 Å². The van der Waals surface area contributed by atoms with Gasteiger partial charge in [-0.05, 0) is 12.1 Å². The Morgan fingerprint density at radius 2 is 1.81 bits per heavy atom. The maximum absolute atomic E-state index is 14.5. The molecular formula is C23H21ClF2N4O7. The smallest absolute Gasteiger partial charge is 0.332 e. The van der Waals surface area contributed by atoms with Crippen molar-refractivity contribution < 1.29 is 37.9 Å². The summed E-state index contributed by atoms with van der Waals surface area (Å²) < 4.78 is 51.0. The molecule has 14 heteroatoms.